The number of benzene rings is 1. The molecular weight excluding hydrogens is 330 g/mol. The van der Waals surface area contributed by atoms with Crippen LogP contribution in [0.2, 0.25) is 0 Å². The maximum absolute atomic E-state index is 12.1. The lowest BCUT2D eigenvalue weighted by atomic mass is 10.1. The Labute approximate surface area is 144 Å². The maximum atomic E-state index is 12.1. The first-order valence-corrected chi connectivity index (χ1v) is 8.29. The number of carbonyl (C=O) groups excluding carboxylic acids is 3. The SMILES string of the molecule is COCCN=C1NC(=O)[C@H](CC(=O)Nc2cccc(C(C)=O)c2)S1. The molecule has 7 nitrogen and oxygen atoms in total. The van der Waals surface area contributed by atoms with Crippen LogP contribution in [-0.4, -0.2) is 48.3 Å². The molecule has 1 aliphatic rings. The second kappa shape index (κ2) is 8.60. The highest BCUT2D eigenvalue weighted by molar-refractivity contribution is 8.15. The van der Waals surface area contributed by atoms with Crippen LogP contribution >= 0.6 is 11.8 Å². The number of amides is 2. The van der Waals surface area contributed by atoms with Crippen molar-refractivity contribution in [3.05, 3.63) is 29.8 Å². The van der Waals surface area contributed by atoms with Crippen molar-refractivity contribution in [1.82, 2.24) is 5.32 Å². The van der Waals surface area contributed by atoms with Gasteiger partial charge in [-0.15, -0.1) is 0 Å². The summed E-state index contributed by atoms with van der Waals surface area (Å²) < 4.78 is 4.90. The first-order valence-electron chi connectivity index (χ1n) is 7.41. The van der Waals surface area contributed by atoms with Gasteiger partial charge >= 0.3 is 0 Å². The van der Waals surface area contributed by atoms with Crippen LogP contribution in [-0.2, 0) is 14.3 Å². The molecule has 1 atom stereocenters. The largest absolute Gasteiger partial charge is 0.383 e. The molecule has 8 heteroatoms. The van der Waals surface area contributed by atoms with Gasteiger partial charge in [0, 0.05) is 24.8 Å². The van der Waals surface area contributed by atoms with Gasteiger partial charge in [-0.1, -0.05) is 23.9 Å². The van der Waals surface area contributed by atoms with Crippen molar-refractivity contribution in [2.45, 2.75) is 18.6 Å². The Balaban J connectivity index is 1.90. The van der Waals surface area contributed by atoms with Crippen LogP contribution < -0.4 is 10.6 Å². The van der Waals surface area contributed by atoms with Crippen molar-refractivity contribution >= 4 is 40.2 Å². The summed E-state index contributed by atoms with van der Waals surface area (Å²) in [6.45, 7) is 2.39. The second-order valence-electron chi connectivity index (χ2n) is 5.16. The van der Waals surface area contributed by atoms with Crippen molar-refractivity contribution in [3.8, 4) is 0 Å². The summed E-state index contributed by atoms with van der Waals surface area (Å²) in [5.74, 6) is -0.598. The Kier molecular flexibility index (Phi) is 6.51. The van der Waals surface area contributed by atoms with Gasteiger partial charge in [0.1, 0.15) is 5.25 Å². The normalized spacial score (nSPS) is 18.5. The first kappa shape index (κ1) is 18.2. The minimum absolute atomic E-state index is 0.0318. The van der Waals surface area contributed by atoms with E-state index in [9.17, 15) is 14.4 Å². The molecule has 1 aromatic carbocycles. The molecule has 1 heterocycles. The highest BCUT2D eigenvalue weighted by atomic mass is 32.2. The van der Waals surface area contributed by atoms with E-state index in [1.165, 1.54) is 18.7 Å². The summed E-state index contributed by atoms with van der Waals surface area (Å²) >= 11 is 1.23. The van der Waals surface area contributed by atoms with Crippen LogP contribution in [0.15, 0.2) is 29.3 Å². The average Bonchev–Trinajstić information content (AvgIpc) is 2.87. The highest BCUT2D eigenvalue weighted by Crippen LogP contribution is 2.23. The highest BCUT2D eigenvalue weighted by Gasteiger charge is 2.31. The van der Waals surface area contributed by atoms with Crippen LogP contribution in [0.5, 0.6) is 0 Å². The van der Waals surface area contributed by atoms with Crippen molar-refractivity contribution in [3.63, 3.8) is 0 Å². The fraction of sp³-hybridized carbons (Fsp3) is 0.375. The Morgan fingerprint density at radius 2 is 2.21 bits per heavy atom. The number of thioether (sulfide) groups is 1. The second-order valence-corrected chi connectivity index (χ2v) is 6.36. The predicted molar refractivity (Wildman–Crippen MR) is 93.4 cm³/mol. The lowest BCUT2D eigenvalue weighted by Gasteiger charge is -2.08. The summed E-state index contributed by atoms with van der Waals surface area (Å²) in [6.07, 6.45) is 0.0318. The van der Waals surface area contributed by atoms with Gasteiger partial charge in [0.05, 0.1) is 13.2 Å². The zero-order valence-electron chi connectivity index (χ0n) is 13.5. The lowest BCUT2D eigenvalue weighted by molar-refractivity contribution is -0.122. The van der Waals surface area contributed by atoms with E-state index in [0.717, 1.165) is 0 Å². The van der Waals surface area contributed by atoms with Gasteiger partial charge in [-0.05, 0) is 19.1 Å². The number of nitrogens with zero attached hydrogens (tertiary/aromatic N) is 1. The van der Waals surface area contributed by atoms with Crippen LogP contribution in [0.1, 0.15) is 23.7 Å². The number of ether oxygens (including phenoxy) is 1. The van der Waals surface area contributed by atoms with Crippen molar-refractivity contribution in [1.29, 1.82) is 0 Å². The number of carbonyl (C=O) groups is 3. The number of rotatable bonds is 7. The van der Waals surface area contributed by atoms with E-state index >= 15 is 0 Å². The number of nitrogens with one attached hydrogen (secondary N) is 2. The summed E-state index contributed by atoms with van der Waals surface area (Å²) in [7, 11) is 1.58. The van der Waals surface area contributed by atoms with Crippen LogP contribution in [0.3, 0.4) is 0 Å². The average molecular weight is 349 g/mol. The number of ketones is 1. The first-order chi connectivity index (χ1) is 11.5. The Hall–Kier alpha value is -2.19. The Bertz CT molecular complexity index is 675. The monoisotopic (exact) mass is 349 g/mol. The number of aliphatic imine (C=N–C) groups is 1. The lowest BCUT2D eigenvalue weighted by Crippen LogP contribution is -2.28. The molecule has 128 valence electrons. The third kappa shape index (κ3) is 5.17. The molecule has 1 saturated heterocycles. The molecule has 0 bridgehead atoms. The van der Waals surface area contributed by atoms with E-state index in [1.807, 2.05) is 0 Å². The smallest absolute Gasteiger partial charge is 0.240 e. The van der Waals surface area contributed by atoms with Crippen LogP contribution in [0.25, 0.3) is 0 Å². The van der Waals surface area contributed by atoms with Crippen molar-refractivity contribution < 1.29 is 19.1 Å². The standard InChI is InChI=1S/C16H19N3O4S/c1-10(20)11-4-3-5-12(8-11)18-14(21)9-13-15(22)19-16(24-13)17-6-7-23-2/h3-5,8,13H,6-7,9H2,1-2H3,(H,18,21)(H,17,19,22)/t13-/m0/s1. The summed E-state index contributed by atoms with van der Waals surface area (Å²) in [5, 5.41) is 5.35. The van der Waals surface area contributed by atoms with Gasteiger partial charge in [0.25, 0.3) is 0 Å². The Morgan fingerprint density at radius 3 is 2.92 bits per heavy atom. The molecule has 24 heavy (non-hydrogen) atoms. The van der Waals surface area contributed by atoms with Gasteiger partial charge in [-0.3, -0.25) is 19.4 Å². The van der Waals surface area contributed by atoms with E-state index in [4.69, 9.17) is 4.74 Å². The van der Waals surface area contributed by atoms with Gasteiger partial charge in [-0.2, -0.15) is 0 Å². The van der Waals surface area contributed by atoms with Crippen molar-refractivity contribution in [2.75, 3.05) is 25.6 Å². The van der Waals surface area contributed by atoms with Gasteiger partial charge in [0.15, 0.2) is 11.0 Å². The minimum atomic E-state index is -0.512. The van der Waals surface area contributed by atoms with E-state index in [-0.39, 0.29) is 24.0 Å². The third-order valence-corrected chi connectivity index (χ3v) is 4.37. The van der Waals surface area contributed by atoms with Crippen molar-refractivity contribution in [2.24, 2.45) is 4.99 Å². The molecule has 0 spiro atoms. The van der Waals surface area contributed by atoms with E-state index in [2.05, 4.69) is 15.6 Å². The minimum Gasteiger partial charge on any atom is -0.383 e. The molecule has 2 rings (SSSR count). The van der Waals surface area contributed by atoms with Crippen LogP contribution in [0.4, 0.5) is 5.69 Å². The Morgan fingerprint density at radius 1 is 1.42 bits per heavy atom. The molecule has 2 N–H and O–H groups in total. The summed E-state index contributed by atoms with van der Waals surface area (Å²) in [5.41, 5.74) is 1.05. The number of Topliss-reactive ketones (excluding diaryl/α,β-unsaturated/α-hetero) is 1. The van der Waals surface area contributed by atoms with E-state index in [1.54, 1.807) is 31.4 Å². The summed E-state index contributed by atoms with van der Waals surface area (Å²) in [4.78, 5) is 39.5. The quantitative estimate of drug-likeness (QED) is 0.574. The number of anilines is 1. The van der Waals surface area contributed by atoms with Gasteiger partial charge in [0.2, 0.25) is 11.8 Å². The zero-order chi connectivity index (χ0) is 17.5. The number of hydrogen-bond acceptors (Lipinski definition) is 6. The molecule has 1 fully saturated rings. The predicted octanol–water partition coefficient (Wildman–Crippen LogP) is 1.45. The molecule has 1 aliphatic heterocycles. The molecule has 0 aliphatic carbocycles. The molecule has 1 aromatic rings. The third-order valence-electron chi connectivity index (χ3n) is 3.25. The summed E-state index contributed by atoms with van der Waals surface area (Å²) in [6, 6.07) is 6.69. The topological polar surface area (TPSA) is 96.9 Å². The maximum Gasteiger partial charge on any atom is 0.240 e. The number of methoxy groups -OCH3 is 1. The molecule has 0 aromatic heterocycles. The molecule has 2 amide bonds. The van der Waals surface area contributed by atoms with Crippen LogP contribution in [0, 0.1) is 0 Å². The van der Waals surface area contributed by atoms with E-state index in [0.29, 0.717) is 29.6 Å². The van der Waals surface area contributed by atoms with Gasteiger partial charge in [-0.25, -0.2) is 0 Å². The fourth-order valence-electron chi connectivity index (χ4n) is 2.05. The molecule has 0 saturated carbocycles. The molecule has 0 radical (unpaired) electrons. The van der Waals surface area contributed by atoms with E-state index < -0.39 is 5.25 Å². The van der Waals surface area contributed by atoms with Gasteiger partial charge < -0.3 is 15.4 Å². The fourth-order valence-corrected chi connectivity index (χ4v) is 3.05. The molecule has 0 unspecified atom stereocenters. The molecular formula is C16H19N3O4S. The zero-order valence-corrected chi connectivity index (χ0v) is 14.3. The number of amidine groups is 1. The number of hydrogen-bond donors (Lipinski definition) is 2.